The summed E-state index contributed by atoms with van der Waals surface area (Å²) in [6.07, 6.45) is -3.99. The number of ether oxygens (including phenoxy) is 1. The zero-order valence-corrected chi connectivity index (χ0v) is 12.5. The van der Waals surface area contributed by atoms with Gasteiger partial charge in [0.25, 0.3) is 0 Å². The predicted octanol–water partition coefficient (Wildman–Crippen LogP) is 2.58. The van der Waals surface area contributed by atoms with Crippen molar-refractivity contribution in [2.75, 3.05) is 6.61 Å². The highest BCUT2D eigenvalue weighted by Gasteiger charge is 2.42. The number of hydrogen-bond acceptors (Lipinski definition) is 5. The Balaban J connectivity index is 2.00. The minimum absolute atomic E-state index is 0.0483. The van der Waals surface area contributed by atoms with Gasteiger partial charge in [-0.05, 0) is 18.6 Å². The Morgan fingerprint density at radius 1 is 1.04 bits per heavy atom. The monoisotopic (exact) mass is 336 g/mol. The van der Waals surface area contributed by atoms with Gasteiger partial charge in [-0.2, -0.15) is 18.2 Å². The molecule has 2 heterocycles. The van der Waals surface area contributed by atoms with Gasteiger partial charge >= 0.3 is 12.1 Å². The van der Waals surface area contributed by atoms with Gasteiger partial charge in [0, 0.05) is 0 Å². The van der Waals surface area contributed by atoms with Gasteiger partial charge in [-0.1, -0.05) is 19.1 Å². The highest BCUT2D eigenvalue weighted by atomic mass is 19.4. The second-order valence-electron chi connectivity index (χ2n) is 4.91. The molecule has 0 N–H and O–H groups in total. The Morgan fingerprint density at radius 2 is 1.79 bits per heavy atom. The van der Waals surface area contributed by atoms with E-state index < -0.39 is 23.6 Å². The van der Waals surface area contributed by atoms with Crippen LogP contribution in [0.1, 0.15) is 18.9 Å². The van der Waals surface area contributed by atoms with Crippen molar-refractivity contribution in [3.63, 3.8) is 0 Å². The van der Waals surface area contributed by atoms with Crippen molar-refractivity contribution in [3.05, 3.63) is 29.8 Å². The molecule has 0 aliphatic carbocycles. The molecular weight excluding hydrogens is 325 g/mol. The molecule has 0 spiro atoms. The van der Waals surface area contributed by atoms with Crippen molar-refractivity contribution in [2.24, 2.45) is 20.0 Å². The van der Waals surface area contributed by atoms with E-state index in [0.717, 1.165) is 6.42 Å². The molecule has 0 atom stereocenters. The zero-order chi connectivity index (χ0) is 17.3. The number of hydrogen-bond donors (Lipinski definition) is 0. The summed E-state index contributed by atoms with van der Waals surface area (Å²) < 4.78 is 43.6. The number of carbonyl (C=O) groups excluding carboxylic acids is 1. The molecule has 6 nitrogen and oxygen atoms in total. The van der Waals surface area contributed by atoms with Crippen molar-refractivity contribution in [1.29, 1.82) is 0 Å². The van der Waals surface area contributed by atoms with Gasteiger partial charge in [0.1, 0.15) is 5.75 Å². The third-order valence-corrected chi connectivity index (χ3v) is 3.11. The highest BCUT2D eigenvalue weighted by Crippen LogP contribution is 2.25. The number of amidine groups is 3. The van der Waals surface area contributed by atoms with Gasteiger partial charge in [0.05, 0.1) is 12.2 Å². The van der Waals surface area contributed by atoms with Gasteiger partial charge in [-0.3, -0.25) is 4.79 Å². The van der Waals surface area contributed by atoms with Crippen molar-refractivity contribution < 1.29 is 22.7 Å². The first-order chi connectivity index (χ1) is 11.4. The fourth-order valence-corrected chi connectivity index (χ4v) is 2.07. The van der Waals surface area contributed by atoms with Crippen LogP contribution in [0, 0.1) is 0 Å². The maximum atomic E-state index is 12.7. The molecule has 24 heavy (non-hydrogen) atoms. The Hall–Kier alpha value is -2.84. The minimum Gasteiger partial charge on any atom is -0.493 e. The van der Waals surface area contributed by atoms with Crippen LogP contribution in [0.3, 0.4) is 0 Å². The minimum atomic E-state index is -4.75. The van der Waals surface area contributed by atoms with Gasteiger partial charge < -0.3 is 4.74 Å². The van der Waals surface area contributed by atoms with E-state index in [0.29, 0.717) is 17.9 Å². The smallest absolute Gasteiger partial charge is 0.451 e. The average molecular weight is 336 g/mol. The second-order valence-corrected chi connectivity index (χ2v) is 4.91. The molecule has 0 saturated carbocycles. The Labute approximate surface area is 134 Å². The lowest BCUT2D eigenvalue weighted by Gasteiger charge is -2.12. The van der Waals surface area contributed by atoms with Crippen LogP contribution in [0.5, 0.6) is 5.75 Å². The molecule has 1 aromatic rings. The summed E-state index contributed by atoms with van der Waals surface area (Å²) in [4.78, 5) is 26.1. The summed E-state index contributed by atoms with van der Waals surface area (Å²) >= 11 is 0. The SMILES string of the molecule is CCCOc1ccccc1C1=NC(=O)C2=NC(C(F)(F)F)=NC2=N1. The molecule has 124 valence electrons. The molecule has 0 aromatic heterocycles. The number of rotatable bonds is 4. The molecule has 2 aliphatic rings. The lowest BCUT2D eigenvalue weighted by atomic mass is 10.1. The fourth-order valence-electron chi connectivity index (χ4n) is 2.07. The Kier molecular flexibility index (Phi) is 4.00. The van der Waals surface area contributed by atoms with E-state index in [1.165, 1.54) is 0 Å². The summed E-state index contributed by atoms with van der Waals surface area (Å²) in [7, 11) is 0. The van der Waals surface area contributed by atoms with Crippen LogP contribution in [0.25, 0.3) is 0 Å². The number of alkyl halides is 3. The summed E-state index contributed by atoms with van der Waals surface area (Å²) in [6, 6.07) is 6.70. The summed E-state index contributed by atoms with van der Waals surface area (Å²) in [5, 5.41) is 0. The lowest BCUT2D eigenvalue weighted by molar-refractivity contribution is -0.111. The number of carbonyl (C=O) groups is 1. The van der Waals surface area contributed by atoms with E-state index >= 15 is 0 Å². The number of benzene rings is 1. The molecule has 9 heteroatoms. The van der Waals surface area contributed by atoms with Crippen LogP contribution in [0.15, 0.2) is 44.2 Å². The lowest BCUT2D eigenvalue weighted by Crippen LogP contribution is -2.26. The van der Waals surface area contributed by atoms with Crippen LogP contribution >= 0.6 is 0 Å². The number of para-hydroxylation sites is 1. The van der Waals surface area contributed by atoms with E-state index in [4.69, 9.17) is 4.74 Å². The van der Waals surface area contributed by atoms with Gasteiger partial charge in [0.2, 0.25) is 5.84 Å². The second kappa shape index (κ2) is 5.99. The Bertz CT molecular complexity index is 822. The molecule has 0 unspecified atom stereocenters. The third-order valence-electron chi connectivity index (χ3n) is 3.11. The van der Waals surface area contributed by atoms with Gasteiger partial charge in [-0.15, -0.1) is 0 Å². The first-order valence-electron chi connectivity index (χ1n) is 7.09. The largest absolute Gasteiger partial charge is 0.493 e. The van der Waals surface area contributed by atoms with Crippen molar-refractivity contribution in [3.8, 4) is 5.75 Å². The molecule has 0 radical (unpaired) electrons. The van der Waals surface area contributed by atoms with Crippen LogP contribution < -0.4 is 4.74 Å². The van der Waals surface area contributed by atoms with Crippen LogP contribution in [-0.4, -0.2) is 41.9 Å². The molecule has 0 bridgehead atoms. The molecule has 1 amide bonds. The van der Waals surface area contributed by atoms with Crippen LogP contribution in [-0.2, 0) is 4.79 Å². The first kappa shape index (κ1) is 16.0. The topological polar surface area (TPSA) is 75.7 Å². The fraction of sp³-hybridized carbons (Fsp3) is 0.267. The van der Waals surface area contributed by atoms with Crippen molar-refractivity contribution >= 4 is 29.1 Å². The van der Waals surface area contributed by atoms with Gasteiger partial charge in [0.15, 0.2) is 17.4 Å². The third kappa shape index (κ3) is 2.97. The van der Waals surface area contributed by atoms with E-state index in [-0.39, 0.29) is 11.7 Å². The first-order valence-corrected chi connectivity index (χ1v) is 7.09. The summed E-state index contributed by atoms with van der Waals surface area (Å²) in [5.41, 5.74) is -0.0976. The Morgan fingerprint density at radius 3 is 2.50 bits per heavy atom. The van der Waals surface area contributed by atoms with Crippen LogP contribution in [0.2, 0.25) is 0 Å². The number of amides is 1. The number of nitrogens with zero attached hydrogens (tertiary/aromatic N) is 4. The number of aliphatic imine (C=N–C) groups is 4. The summed E-state index contributed by atoms with van der Waals surface area (Å²) in [5.74, 6) is -2.32. The zero-order valence-electron chi connectivity index (χ0n) is 12.5. The molecule has 2 aliphatic heterocycles. The molecule has 0 fully saturated rings. The normalized spacial score (nSPS) is 16.9. The van der Waals surface area contributed by atoms with Crippen LogP contribution in [0.4, 0.5) is 13.2 Å². The average Bonchev–Trinajstić information content (AvgIpc) is 2.98. The summed E-state index contributed by atoms with van der Waals surface area (Å²) in [6.45, 7) is 2.37. The van der Waals surface area contributed by atoms with E-state index in [1.54, 1.807) is 24.3 Å². The van der Waals surface area contributed by atoms with Crippen molar-refractivity contribution in [1.82, 2.24) is 0 Å². The molecule has 0 saturated heterocycles. The molecule has 3 rings (SSSR count). The quantitative estimate of drug-likeness (QED) is 0.847. The predicted molar refractivity (Wildman–Crippen MR) is 82.1 cm³/mol. The van der Waals surface area contributed by atoms with E-state index in [1.807, 2.05) is 6.92 Å². The maximum Gasteiger partial charge on any atom is 0.451 e. The standard InChI is InChI=1S/C15H11F3N4O2/c1-2-7-24-9-6-4-3-5-8(9)11-20-12-10(13(23)21-11)19-14(22-12)15(16,17)18/h3-6H,2,7H2,1H3. The number of halogens is 3. The van der Waals surface area contributed by atoms with E-state index in [2.05, 4.69) is 20.0 Å². The molecule has 1 aromatic carbocycles. The highest BCUT2D eigenvalue weighted by molar-refractivity contribution is 6.72. The number of fused-ring (bicyclic) bond motifs is 1. The van der Waals surface area contributed by atoms with E-state index in [9.17, 15) is 18.0 Å². The molecular formula is C15H11F3N4O2. The maximum absolute atomic E-state index is 12.7. The van der Waals surface area contributed by atoms with Crippen molar-refractivity contribution in [2.45, 2.75) is 19.5 Å². The van der Waals surface area contributed by atoms with Gasteiger partial charge in [-0.25, -0.2) is 15.0 Å².